The van der Waals surface area contributed by atoms with Gasteiger partial charge in [-0.05, 0) is 30.2 Å². The summed E-state index contributed by atoms with van der Waals surface area (Å²) in [5.74, 6) is 0.822. The first-order valence-corrected chi connectivity index (χ1v) is 7.86. The number of rotatable bonds is 7. The van der Waals surface area contributed by atoms with E-state index in [0.29, 0.717) is 13.1 Å². The van der Waals surface area contributed by atoms with Gasteiger partial charge >= 0.3 is 0 Å². The van der Waals surface area contributed by atoms with E-state index in [0.717, 1.165) is 16.8 Å². The van der Waals surface area contributed by atoms with Crippen molar-refractivity contribution in [2.45, 2.75) is 19.6 Å². The van der Waals surface area contributed by atoms with E-state index >= 15 is 0 Å². The van der Waals surface area contributed by atoms with Gasteiger partial charge in [-0.15, -0.1) is 0 Å². The summed E-state index contributed by atoms with van der Waals surface area (Å²) in [5, 5.41) is 14.5. The Morgan fingerprint density at radius 3 is 2.78 bits per heavy atom. The third-order valence-corrected chi connectivity index (χ3v) is 3.90. The number of aromatic nitrogens is 1. The molecule has 4 heteroatoms. The van der Waals surface area contributed by atoms with Crippen LogP contribution in [0.4, 0.5) is 0 Å². The number of para-hydroxylation sites is 2. The van der Waals surface area contributed by atoms with Crippen molar-refractivity contribution in [3.8, 4) is 5.75 Å². The summed E-state index contributed by atoms with van der Waals surface area (Å²) in [6.07, 6.45) is 1.47. The van der Waals surface area contributed by atoms with Gasteiger partial charge in [-0.2, -0.15) is 0 Å². The molecule has 1 heterocycles. The number of hydrogen-bond donors (Lipinski definition) is 3. The van der Waals surface area contributed by atoms with Crippen molar-refractivity contribution in [1.82, 2.24) is 10.3 Å². The molecule has 23 heavy (non-hydrogen) atoms. The molecule has 0 saturated carbocycles. The van der Waals surface area contributed by atoms with Crippen LogP contribution in [0, 0.1) is 6.92 Å². The van der Waals surface area contributed by atoms with Crippen LogP contribution in [-0.4, -0.2) is 29.3 Å². The van der Waals surface area contributed by atoms with E-state index in [2.05, 4.69) is 22.4 Å². The minimum absolute atomic E-state index is 0.283. The predicted octanol–water partition coefficient (Wildman–Crippen LogP) is 3.01. The van der Waals surface area contributed by atoms with Crippen LogP contribution in [0.2, 0.25) is 0 Å². The van der Waals surface area contributed by atoms with Crippen LogP contribution >= 0.6 is 0 Å². The Kier molecular flexibility index (Phi) is 4.95. The predicted molar refractivity (Wildman–Crippen MR) is 92.7 cm³/mol. The molecule has 0 unspecified atom stereocenters. The first-order valence-electron chi connectivity index (χ1n) is 7.86. The lowest BCUT2D eigenvalue weighted by Crippen LogP contribution is -2.31. The SMILES string of the molecule is Cc1ccccc1OC[C@@H](O)CNCc1c[nH]c2ccccc12. The Labute approximate surface area is 136 Å². The van der Waals surface area contributed by atoms with Gasteiger partial charge in [0.15, 0.2) is 0 Å². The van der Waals surface area contributed by atoms with Crippen molar-refractivity contribution < 1.29 is 9.84 Å². The topological polar surface area (TPSA) is 57.3 Å². The average Bonchev–Trinajstić information content (AvgIpc) is 2.98. The molecule has 1 atom stereocenters. The van der Waals surface area contributed by atoms with Crippen molar-refractivity contribution in [2.75, 3.05) is 13.2 Å². The Balaban J connectivity index is 1.46. The van der Waals surface area contributed by atoms with Gasteiger partial charge in [-0.3, -0.25) is 0 Å². The minimum atomic E-state index is -0.542. The number of nitrogens with one attached hydrogen (secondary N) is 2. The molecule has 3 N–H and O–H groups in total. The lowest BCUT2D eigenvalue weighted by Gasteiger charge is -2.14. The molecular weight excluding hydrogens is 288 g/mol. The molecule has 4 nitrogen and oxygen atoms in total. The minimum Gasteiger partial charge on any atom is -0.491 e. The quantitative estimate of drug-likeness (QED) is 0.629. The molecule has 3 rings (SSSR count). The van der Waals surface area contributed by atoms with Gasteiger partial charge in [0.1, 0.15) is 18.5 Å². The first kappa shape index (κ1) is 15.6. The average molecular weight is 310 g/mol. The molecule has 0 radical (unpaired) electrons. The zero-order valence-corrected chi connectivity index (χ0v) is 13.3. The lowest BCUT2D eigenvalue weighted by atomic mass is 10.2. The van der Waals surface area contributed by atoms with E-state index in [-0.39, 0.29) is 6.61 Å². The summed E-state index contributed by atoms with van der Waals surface area (Å²) < 4.78 is 5.66. The zero-order valence-electron chi connectivity index (χ0n) is 13.3. The van der Waals surface area contributed by atoms with E-state index in [1.54, 1.807) is 0 Å². The van der Waals surface area contributed by atoms with Gasteiger partial charge < -0.3 is 20.1 Å². The molecule has 0 aliphatic carbocycles. The number of aryl methyl sites for hydroxylation is 1. The Bertz CT molecular complexity index is 767. The number of ether oxygens (including phenoxy) is 1. The van der Waals surface area contributed by atoms with Crippen LogP contribution < -0.4 is 10.1 Å². The lowest BCUT2D eigenvalue weighted by molar-refractivity contribution is 0.106. The van der Waals surface area contributed by atoms with Gasteiger partial charge in [-0.1, -0.05) is 36.4 Å². The maximum atomic E-state index is 10.0. The summed E-state index contributed by atoms with van der Waals surface area (Å²) in [6, 6.07) is 16.0. The number of aliphatic hydroxyl groups excluding tert-OH is 1. The number of aromatic amines is 1. The number of hydrogen-bond acceptors (Lipinski definition) is 3. The maximum Gasteiger partial charge on any atom is 0.122 e. The largest absolute Gasteiger partial charge is 0.491 e. The fraction of sp³-hybridized carbons (Fsp3) is 0.263. The van der Waals surface area contributed by atoms with E-state index in [4.69, 9.17) is 4.74 Å². The number of aliphatic hydroxyl groups is 1. The highest BCUT2D eigenvalue weighted by Crippen LogP contribution is 2.17. The van der Waals surface area contributed by atoms with E-state index in [1.165, 1.54) is 10.9 Å². The van der Waals surface area contributed by atoms with Gasteiger partial charge in [0.05, 0.1) is 0 Å². The summed E-state index contributed by atoms with van der Waals surface area (Å²) in [6.45, 7) is 3.49. The first-order chi connectivity index (χ1) is 11.2. The maximum absolute atomic E-state index is 10.0. The van der Waals surface area contributed by atoms with E-state index in [9.17, 15) is 5.11 Å². The van der Waals surface area contributed by atoms with Gasteiger partial charge in [-0.25, -0.2) is 0 Å². The molecular formula is C19H22N2O2. The van der Waals surface area contributed by atoms with Crippen molar-refractivity contribution in [1.29, 1.82) is 0 Å². The molecule has 0 spiro atoms. The summed E-state index contributed by atoms with van der Waals surface area (Å²) >= 11 is 0. The van der Waals surface area contributed by atoms with E-state index < -0.39 is 6.10 Å². The Morgan fingerprint density at radius 1 is 1.13 bits per heavy atom. The normalized spacial score (nSPS) is 12.4. The van der Waals surface area contributed by atoms with Gasteiger partial charge in [0.25, 0.3) is 0 Å². The Hall–Kier alpha value is -2.30. The smallest absolute Gasteiger partial charge is 0.122 e. The molecule has 2 aromatic carbocycles. The molecule has 1 aromatic heterocycles. The monoisotopic (exact) mass is 310 g/mol. The molecule has 0 saturated heterocycles. The van der Waals surface area contributed by atoms with Crippen LogP contribution in [0.1, 0.15) is 11.1 Å². The van der Waals surface area contributed by atoms with Crippen LogP contribution in [0.5, 0.6) is 5.75 Å². The second-order valence-corrected chi connectivity index (χ2v) is 5.72. The van der Waals surface area contributed by atoms with Crippen LogP contribution in [0.15, 0.2) is 54.7 Å². The van der Waals surface area contributed by atoms with Crippen molar-refractivity contribution >= 4 is 10.9 Å². The number of H-pyrrole nitrogens is 1. The summed E-state index contributed by atoms with van der Waals surface area (Å²) in [5.41, 5.74) is 3.41. The molecule has 0 aliphatic heterocycles. The highest BCUT2D eigenvalue weighted by atomic mass is 16.5. The van der Waals surface area contributed by atoms with Crippen LogP contribution in [0.25, 0.3) is 10.9 Å². The second kappa shape index (κ2) is 7.31. The molecule has 3 aromatic rings. The van der Waals surface area contributed by atoms with Gasteiger partial charge in [0, 0.05) is 30.2 Å². The molecule has 0 fully saturated rings. The fourth-order valence-corrected chi connectivity index (χ4v) is 2.61. The second-order valence-electron chi connectivity index (χ2n) is 5.72. The highest BCUT2D eigenvalue weighted by Gasteiger charge is 2.07. The Morgan fingerprint density at radius 2 is 1.91 bits per heavy atom. The molecule has 0 bridgehead atoms. The summed E-state index contributed by atoms with van der Waals surface area (Å²) in [4.78, 5) is 3.25. The molecule has 0 aliphatic rings. The van der Waals surface area contributed by atoms with Crippen molar-refractivity contribution in [3.05, 3.63) is 65.9 Å². The third kappa shape index (κ3) is 3.92. The van der Waals surface area contributed by atoms with Crippen LogP contribution in [0.3, 0.4) is 0 Å². The number of fused-ring (bicyclic) bond motifs is 1. The third-order valence-electron chi connectivity index (χ3n) is 3.90. The highest BCUT2D eigenvalue weighted by molar-refractivity contribution is 5.82. The van der Waals surface area contributed by atoms with Gasteiger partial charge in [0.2, 0.25) is 0 Å². The van der Waals surface area contributed by atoms with Crippen molar-refractivity contribution in [3.63, 3.8) is 0 Å². The fourth-order valence-electron chi connectivity index (χ4n) is 2.61. The molecule has 120 valence electrons. The summed E-state index contributed by atoms with van der Waals surface area (Å²) in [7, 11) is 0. The molecule has 0 amide bonds. The van der Waals surface area contributed by atoms with Crippen LogP contribution in [-0.2, 0) is 6.54 Å². The standard InChI is InChI=1S/C19H22N2O2/c1-14-6-2-5-9-19(14)23-13-16(22)12-20-10-15-11-21-18-8-4-3-7-17(15)18/h2-9,11,16,20-22H,10,12-13H2,1H3/t16-/m0/s1. The van der Waals surface area contributed by atoms with E-state index in [1.807, 2.05) is 49.5 Å². The number of benzene rings is 2. The zero-order chi connectivity index (χ0) is 16.1. The van der Waals surface area contributed by atoms with Crippen molar-refractivity contribution in [2.24, 2.45) is 0 Å².